The first-order valence-corrected chi connectivity index (χ1v) is 7.92. The van der Waals surface area contributed by atoms with E-state index in [0.29, 0.717) is 48.2 Å². The first-order valence-electron chi connectivity index (χ1n) is 7.92. The lowest BCUT2D eigenvalue weighted by atomic mass is 10.0. The number of anilines is 1. The maximum atomic E-state index is 13.0. The van der Waals surface area contributed by atoms with Crippen LogP contribution in [0.4, 0.5) is 5.82 Å². The molecule has 24 heavy (non-hydrogen) atoms. The van der Waals surface area contributed by atoms with Crippen molar-refractivity contribution in [3.8, 4) is 0 Å². The maximum absolute atomic E-state index is 13.0. The molecule has 1 aliphatic heterocycles. The van der Waals surface area contributed by atoms with Crippen LogP contribution in [0.1, 0.15) is 53.4 Å². The highest BCUT2D eigenvalue weighted by Crippen LogP contribution is 2.27. The molecule has 1 aliphatic rings. The lowest BCUT2D eigenvalue weighted by molar-refractivity contribution is -0.0246. The van der Waals surface area contributed by atoms with Gasteiger partial charge in [-0.15, -0.1) is 0 Å². The molecule has 2 aromatic heterocycles. The second kappa shape index (κ2) is 6.56. The average Bonchev–Trinajstić information content (AvgIpc) is 2.96. The van der Waals surface area contributed by atoms with Crippen LogP contribution in [0.2, 0.25) is 0 Å². The van der Waals surface area contributed by atoms with Gasteiger partial charge in [-0.25, -0.2) is 4.98 Å². The summed E-state index contributed by atoms with van der Waals surface area (Å²) in [6.45, 7) is 6.99. The van der Waals surface area contributed by atoms with Gasteiger partial charge in [0.15, 0.2) is 0 Å². The molecule has 8 nitrogen and oxygen atoms in total. The van der Waals surface area contributed by atoms with E-state index in [1.807, 2.05) is 13.8 Å². The van der Waals surface area contributed by atoms with Crippen molar-refractivity contribution in [2.45, 2.75) is 32.8 Å². The Morgan fingerprint density at radius 3 is 2.83 bits per heavy atom. The second-order valence-electron chi connectivity index (χ2n) is 6.09. The topological polar surface area (TPSA) is 107 Å². The lowest BCUT2D eigenvalue weighted by Crippen LogP contribution is -2.43. The number of morpholine rings is 1. The van der Waals surface area contributed by atoms with Gasteiger partial charge in [0.2, 0.25) is 0 Å². The van der Waals surface area contributed by atoms with Crippen LogP contribution >= 0.6 is 0 Å². The van der Waals surface area contributed by atoms with E-state index in [1.165, 1.54) is 6.20 Å². The third-order valence-electron chi connectivity index (χ3n) is 4.06. The van der Waals surface area contributed by atoms with E-state index in [1.54, 1.807) is 18.0 Å². The Hall–Kier alpha value is -2.48. The summed E-state index contributed by atoms with van der Waals surface area (Å²) in [5, 5.41) is 4.03. The Bertz CT molecular complexity index is 743. The highest BCUT2D eigenvalue weighted by molar-refractivity contribution is 5.96. The zero-order valence-corrected chi connectivity index (χ0v) is 14.0. The number of amides is 1. The minimum atomic E-state index is -0.390. The molecule has 1 atom stereocenters. The number of nitrogens with two attached hydrogens (primary N) is 1. The molecule has 2 N–H and O–H groups in total. The summed E-state index contributed by atoms with van der Waals surface area (Å²) in [5.74, 6) is 0.855. The number of carbonyl (C=O) groups is 1. The van der Waals surface area contributed by atoms with Crippen LogP contribution in [0.3, 0.4) is 0 Å². The van der Waals surface area contributed by atoms with E-state index in [2.05, 4.69) is 15.1 Å². The summed E-state index contributed by atoms with van der Waals surface area (Å²) < 4.78 is 11.0. The predicted octanol–water partition coefficient (Wildman–Crippen LogP) is 1.69. The van der Waals surface area contributed by atoms with Gasteiger partial charge in [0, 0.05) is 18.9 Å². The first-order chi connectivity index (χ1) is 11.5. The zero-order chi connectivity index (χ0) is 17.3. The highest BCUT2D eigenvalue weighted by Gasteiger charge is 2.32. The van der Waals surface area contributed by atoms with E-state index in [4.69, 9.17) is 15.0 Å². The summed E-state index contributed by atoms with van der Waals surface area (Å²) in [6, 6.07) is 0. The van der Waals surface area contributed by atoms with E-state index < -0.39 is 0 Å². The van der Waals surface area contributed by atoms with Crippen molar-refractivity contribution in [1.29, 1.82) is 0 Å². The maximum Gasteiger partial charge on any atom is 0.259 e. The van der Waals surface area contributed by atoms with Crippen molar-refractivity contribution in [2.75, 3.05) is 25.4 Å². The average molecular weight is 331 g/mol. The monoisotopic (exact) mass is 331 g/mol. The number of nitrogen functional groups attached to an aromatic ring is 1. The van der Waals surface area contributed by atoms with Crippen molar-refractivity contribution < 1.29 is 14.1 Å². The van der Waals surface area contributed by atoms with E-state index in [9.17, 15) is 4.79 Å². The molecule has 0 saturated carbocycles. The molecule has 3 rings (SSSR count). The molecule has 0 unspecified atom stereocenters. The normalized spacial score (nSPS) is 18.2. The van der Waals surface area contributed by atoms with E-state index in [-0.39, 0.29) is 17.9 Å². The zero-order valence-electron chi connectivity index (χ0n) is 14.0. The van der Waals surface area contributed by atoms with Crippen LogP contribution in [-0.2, 0) is 4.74 Å². The molecule has 0 spiro atoms. The third kappa shape index (κ3) is 2.96. The van der Waals surface area contributed by atoms with Gasteiger partial charge in [-0.1, -0.05) is 19.0 Å². The largest absolute Gasteiger partial charge is 0.382 e. The van der Waals surface area contributed by atoms with Crippen molar-refractivity contribution >= 4 is 11.7 Å². The summed E-state index contributed by atoms with van der Waals surface area (Å²) >= 11 is 0. The Balaban J connectivity index is 1.84. The number of nitrogens with zero attached hydrogens (tertiary/aromatic N) is 4. The van der Waals surface area contributed by atoms with Gasteiger partial charge in [-0.05, 0) is 12.8 Å². The minimum Gasteiger partial charge on any atom is -0.382 e. The van der Waals surface area contributed by atoms with Crippen molar-refractivity contribution in [2.24, 2.45) is 0 Å². The van der Waals surface area contributed by atoms with Crippen molar-refractivity contribution in [3.63, 3.8) is 0 Å². The predicted molar refractivity (Wildman–Crippen MR) is 86.4 cm³/mol. The molecule has 128 valence electrons. The van der Waals surface area contributed by atoms with E-state index >= 15 is 0 Å². The fourth-order valence-electron chi connectivity index (χ4n) is 2.81. The Morgan fingerprint density at radius 1 is 1.38 bits per heavy atom. The molecule has 0 aromatic carbocycles. The molecule has 1 saturated heterocycles. The quantitative estimate of drug-likeness (QED) is 0.911. The van der Waals surface area contributed by atoms with Gasteiger partial charge < -0.3 is 19.9 Å². The molecular weight excluding hydrogens is 310 g/mol. The van der Waals surface area contributed by atoms with Crippen LogP contribution in [0.25, 0.3) is 0 Å². The fraction of sp³-hybridized carbons (Fsp3) is 0.500. The highest BCUT2D eigenvalue weighted by atomic mass is 16.5. The van der Waals surface area contributed by atoms with Gasteiger partial charge >= 0.3 is 0 Å². The molecule has 3 heterocycles. The molecule has 1 amide bonds. The number of ether oxygens (including phenoxy) is 1. The Kier molecular flexibility index (Phi) is 4.48. The Morgan fingerprint density at radius 2 is 2.12 bits per heavy atom. The van der Waals surface area contributed by atoms with Crippen LogP contribution < -0.4 is 5.73 Å². The van der Waals surface area contributed by atoms with Gasteiger partial charge in [0.05, 0.1) is 18.8 Å². The Labute approximate surface area is 140 Å². The molecule has 0 bridgehead atoms. The summed E-state index contributed by atoms with van der Waals surface area (Å²) in [6.07, 6.45) is 2.70. The molecule has 2 aromatic rings. The summed E-state index contributed by atoms with van der Waals surface area (Å²) in [5.41, 5.74) is 7.65. The van der Waals surface area contributed by atoms with Crippen LogP contribution in [-0.4, -0.2) is 45.6 Å². The van der Waals surface area contributed by atoms with Crippen LogP contribution in [0, 0.1) is 6.92 Å². The molecule has 8 heteroatoms. The number of rotatable bonds is 3. The van der Waals surface area contributed by atoms with Gasteiger partial charge in [0.25, 0.3) is 5.91 Å². The van der Waals surface area contributed by atoms with Gasteiger partial charge in [-0.2, -0.15) is 0 Å². The second-order valence-corrected chi connectivity index (χ2v) is 6.09. The number of aryl methyl sites for hydroxylation is 1. The van der Waals surface area contributed by atoms with Crippen molar-refractivity contribution in [3.05, 3.63) is 35.1 Å². The molecule has 0 radical (unpaired) electrons. The summed E-state index contributed by atoms with van der Waals surface area (Å²) in [7, 11) is 0. The number of aromatic nitrogens is 3. The first kappa shape index (κ1) is 16.4. The van der Waals surface area contributed by atoms with Gasteiger partial charge in [-0.3, -0.25) is 9.78 Å². The van der Waals surface area contributed by atoms with Crippen LogP contribution in [0.15, 0.2) is 16.9 Å². The lowest BCUT2D eigenvalue weighted by Gasteiger charge is -2.33. The third-order valence-corrected chi connectivity index (χ3v) is 4.06. The number of hydrogen-bond donors (Lipinski definition) is 1. The van der Waals surface area contributed by atoms with Crippen molar-refractivity contribution in [1.82, 2.24) is 20.0 Å². The smallest absolute Gasteiger partial charge is 0.259 e. The SMILES string of the molecule is Cc1onc(C(C)C)c1C(=O)N1CCO[C@H](c2nccnc2N)C1. The minimum absolute atomic E-state index is 0.104. The fourth-order valence-corrected chi connectivity index (χ4v) is 2.81. The molecule has 0 aliphatic carbocycles. The molecular formula is C16H21N5O3. The van der Waals surface area contributed by atoms with Crippen LogP contribution in [0.5, 0.6) is 0 Å². The number of hydrogen-bond acceptors (Lipinski definition) is 7. The summed E-state index contributed by atoms with van der Waals surface area (Å²) in [4.78, 5) is 23.0. The van der Waals surface area contributed by atoms with Gasteiger partial charge in [0.1, 0.15) is 28.9 Å². The number of carbonyl (C=O) groups excluding carboxylic acids is 1. The molecule has 1 fully saturated rings. The van der Waals surface area contributed by atoms with E-state index in [0.717, 1.165) is 0 Å². The standard InChI is InChI=1S/C16H21N5O3/c1-9(2)13-12(10(3)24-20-13)16(22)21-6-7-23-11(8-21)14-15(17)19-5-4-18-14/h4-5,9,11H,6-8H2,1-3H3,(H2,17,19)/t11-/m0/s1.